The smallest absolute Gasteiger partial charge is 0.256 e. The molecule has 0 saturated carbocycles. The van der Waals surface area contributed by atoms with E-state index in [1.165, 1.54) is 0 Å². The zero-order valence-electron chi connectivity index (χ0n) is 14.2. The van der Waals surface area contributed by atoms with Gasteiger partial charge in [-0.05, 0) is 19.1 Å². The molecule has 2 aliphatic heterocycles. The number of para-hydroxylation sites is 1. The van der Waals surface area contributed by atoms with E-state index in [9.17, 15) is 9.90 Å². The van der Waals surface area contributed by atoms with Crippen LogP contribution in [0.15, 0.2) is 24.3 Å². The molecule has 0 aliphatic carbocycles. The standard InChI is InChI=1S/C18H26N2O3/c1-17(2)12-20(13-18(17,3)22)16(21)14-6-4-5-7-15(14)19-8-10-23-11-9-19/h4-7,22H,8-13H2,1-3H3/t18-/m0/s1. The molecular formula is C18H26N2O3. The summed E-state index contributed by atoms with van der Waals surface area (Å²) in [6, 6.07) is 7.74. The summed E-state index contributed by atoms with van der Waals surface area (Å²) in [5.74, 6) is -0.00191. The van der Waals surface area contributed by atoms with E-state index < -0.39 is 5.60 Å². The van der Waals surface area contributed by atoms with Crippen LogP contribution in [0.5, 0.6) is 0 Å². The Morgan fingerprint density at radius 3 is 2.39 bits per heavy atom. The lowest BCUT2D eigenvalue weighted by Gasteiger charge is -2.31. The van der Waals surface area contributed by atoms with E-state index in [2.05, 4.69) is 4.90 Å². The van der Waals surface area contributed by atoms with E-state index in [1.54, 1.807) is 4.90 Å². The summed E-state index contributed by atoms with van der Waals surface area (Å²) >= 11 is 0. The molecule has 2 aliphatic rings. The van der Waals surface area contributed by atoms with Crippen molar-refractivity contribution >= 4 is 11.6 Å². The molecule has 5 nitrogen and oxygen atoms in total. The topological polar surface area (TPSA) is 53.0 Å². The first-order chi connectivity index (χ1) is 10.8. The maximum Gasteiger partial charge on any atom is 0.256 e. The number of carbonyl (C=O) groups excluding carboxylic acids is 1. The minimum Gasteiger partial charge on any atom is -0.388 e. The molecule has 0 radical (unpaired) electrons. The summed E-state index contributed by atoms with van der Waals surface area (Å²) in [7, 11) is 0. The number of nitrogens with zero attached hydrogens (tertiary/aromatic N) is 2. The molecule has 5 heteroatoms. The Balaban J connectivity index is 1.86. The predicted octanol–water partition coefficient (Wildman–Crippen LogP) is 1.76. The van der Waals surface area contributed by atoms with Crippen molar-refractivity contribution in [3.8, 4) is 0 Å². The Morgan fingerprint density at radius 2 is 1.78 bits per heavy atom. The van der Waals surface area contributed by atoms with Crippen LogP contribution >= 0.6 is 0 Å². The van der Waals surface area contributed by atoms with E-state index in [-0.39, 0.29) is 11.3 Å². The highest BCUT2D eigenvalue weighted by Crippen LogP contribution is 2.39. The summed E-state index contributed by atoms with van der Waals surface area (Å²) in [5, 5.41) is 10.6. The van der Waals surface area contributed by atoms with Crippen molar-refractivity contribution in [2.24, 2.45) is 5.41 Å². The summed E-state index contributed by atoms with van der Waals surface area (Å²) < 4.78 is 5.41. The van der Waals surface area contributed by atoms with Crippen molar-refractivity contribution < 1.29 is 14.6 Å². The summed E-state index contributed by atoms with van der Waals surface area (Å²) in [6.07, 6.45) is 0. The van der Waals surface area contributed by atoms with Crippen molar-refractivity contribution in [3.05, 3.63) is 29.8 Å². The SMILES string of the molecule is CC1(C)CN(C(=O)c2ccccc2N2CCOCC2)C[C@]1(C)O. The molecule has 1 amide bonds. The van der Waals surface area contributed by atoms with Crippen LogP contribution in [0.3, 0.4) is 0 Å². The highest BCUT2D eigenvalue weighted by atomic mass is 16.5. The van der Waals surface area contributed by atoms with Gasteiger partial charge in [0.05, 0.1) is 30.9 Å². The Bertz CT molecular complexity index is 576. The fourth-order valence-electron chi connectivity index (χ4n) is 3.34. The normalized spacial score (nSPS) is 27.3. The van der Waals surface area contributed by atoms with Crippen molar-refractivity contribution in [1.82, 2.24) is 4.90 Å². The van der Waals surface area contributed by atoms with Gasteiger partial charge in [-0.3, -0.25) is 4.79 Å². The van der Waals surface area contributed by atoms with Crippen LogP contribution in [0.4, 0.5) is 5.69 Å². The number of benzene rings is 1. The van der Waals surface area contributed by atoms with Gasteiger partial charge < -0.3 is 19.6 Å². The van der Waals surface area contributed by atoms with Crippen LogP contribution in [0.25, 0.3) is 0 Å². The number of carbonyl (C=O) groups is 1. The first-order valence-electron chi connectivity index (χ1n) is 8.25. The molecular weight excluding hydrogens is 292 g/mol. The second kappa shape index (κ2) is 5.80. The van der Waals surface area contributed by atoms with Gasteiger partial charge in [-0.1, -0.05) is 26.0 Å². The minimum atomic E-state index is -0.865. The predicted molar refractivity (Wildman–Crippen MR) is 89.8 cm³/mol. The summed E-state index contributed by atoms with van der Waals surface area (Å²) in [5.41, 5.74) is 0.501. The Kier molecular flexibility index (Phi) is 4.10. The third kappa shape index (κ3) is 2.95. The number of hydrogen-bond acceptors (Lipinski definition) is 4. The maximum atomic E-state index is 13.0. The number of morpholine rings is 1. The average molecular weight is 318 g/mol. The number of anilines is 1. The van der Waals surface area contributed by atoms with E-state index >= 15 is 0 Å². The quantitative estimate of drug-likeness (QED) is 0.903. The lowest BCUT2D eigenvalue weighted by Crippen LogP contribution is -2.40. The van der Waals surface area contributed by atoms with Gasteiger partial charge in [-0.15, -0.1) is 0 Å². The molecule has 2 saturated heterocycles. The number of ether oxygens (including phenoxy) is 1. The van der Waals surface area contributed by atoms with E-state index in [0.717, 1.165) is 18.8 Å². The molecule has 2 heterocycles. The minimum absolute atomic E-state index is 0.00191. The van der Waals surface area contributed by atoms with Crippen LogP contribution in [0.1, 0.15) is 31.1 Å². The van der Waals surface area contributed by atoms with Gasteiger partial charge >= 0.3 is 0 Å². The molecule has 126 valence electrons. The third-order valence-corrected chi connectivity index (χ3v) is 5.32. The third-order valence-electron chi connectivity index (χ3n) is 5.32. The van der Waals surface area contributed by atoms with Gasteiger partial charge in [0.25, 0.3) is 5.91 Å². The average Bonchev–Trinajstić information content (AvgIpc) is 2.75. The molecule has 0 bridgehead atoms. The van der Waals surface area contributed by atoms with Gasteiger partial charge in [0.15, 0.2) is 0 Å². The molecule has 3 rings (SSSR count). The molecule has 1 atom stereocenters. The number of rotatable bonds is 2. The van der Waals surface area contributed by atoms with E-state index in [4.69, 9.17) is 4.74 Å². The molecule has 2 fully saturated rings. The molecule has 0 spiro atoms. The van der Waals surface area contributed by atoms with Crippen LogP contribution in [-0.2, 0) is 4.74 Å². The summed E-state index contributed by atoms with van der Waals surface area (Å²) in [6.45, 7) is 9.74. The van der Waals surface area contributed by atoms with Gasteiger partial charge in [0.1, 0.15) is 0 Å². The lowest BCUT2D eigenvalue weighted by molar-refractivity contribution is -0.0108. The zero-order chi connectivity index (χ0) is 16.7. The molecule has 0 unspecified atom stereocenters. The number of amides is 1. The van der Waals surface area contributed by atoms with Gasteiger partial charge in [-0.25, -0.2) is 0 Å². The number of aliphatic hydroxyl groups is 1. The first kappa shape index (κ1) is 16.3. The first-order valence-corrected chi connectivity index (χ1v) is 8.25. The molecule has 1 aromatic carbocycles. The fraction of sp³-hybridized carbons (Fsp3) is 0.611. The Labute approximate surface area is 137 Å². The molecule has 1 N–H and O–H groups in total. The van der Waals surface area contributed by atoms with Gasteiger partial charge in [0, 0.05) is 30.7 Å². The number of likely N-dealkylation sites (tertiary alicyclic amines) is 1. The van der Waals surface area contributed by atoms with Crippen LogP contribution in [-0.4, -0.2) is 60.9 Å². The van der Waals surface area contributed by atoms with Gasteiger partial charge in [-0.2, -0.15) is 0 Å². The Morgan fingerprint density at radius 1 is 1.13 bits per heavy atom. The van der Waals surface area contributed by atoms with Crippen molar-refractivity contribution in [2.75, 3.05) is 44.3 Å². The molecule has 0 aromatic heterocycles. The zero-order valence-corrected chi connectivity index (χ0v) is 14.2. The second-order valence-electron chi connectivity index (χ2n) is 7.44. The highest BCUT2D eigenvalue weighted by molar-refractivity contribution is 6.00. The van der Waals surface area contributed by atoms with Crippen molar-refractivity contribution in [3.63, 3.8) is 0 Å². The van der Waals surface area contributed by atoms with Crippen molar-refractivity contribution in [1.29, 1.82) is 0 Å². The summed E-state index contributed by atoms with van der Waals surface area (Å²) in [4.78, 5) is 17.0. The highest BCUT2D eigenvalue weighted by Gasteiger charge is 2.49. The maximum absolute atomic E-state index is 13.0. The number of β-amino-alcohol motifs (C(OH)–C–C–N with tert-alkyl or cyclic N) is 1. The van der Waals surface area contributed by atoms with Crippen LogP contribution in [0, 0.1) is 5.41 Å². The molecule has 23 heavy (non-hydrogen) atoms. The Hall–Kier alpha value is -1.59. The van der Waals surface area contributed by atoms with Crippen LogP contribution in [0.2, 0.25) is 0 Å². The largest absolute Gasteiger partial charge is 0.388 e. The monoisotopic (exact) mass is 318 g/mol. The fourth-order valence-corrected chi connectivity index (χ4v) is 3.34. The van der Waals surface area contributed by atoms with Gasteiger partial charge in [0.2, 0.25) is 0 Å². The van der Waals surface area contributed by atoms with Crippen molar-refractivity contribution in [2.45, 2.75) is 26.4 Å². The van der Waals surface area contributed by atoms with E-state index in [0.29, 0.717) is 31.9 Å². The molecule has 1 aromatic rings. The van der Waals surface area contributed by atoms with E-state index in [1.807, 2.05) is 45.0 Å². The lowest BCUT2D eigenvalue weighted by atomic mass is 9.79. The van der Waals surface area contributed by atoms with Crippen LogP contribution < -0.4 is 4.90 Å². The second-order valence-corrected chi connectivity index (χ2v) is 7.44. The number of hydrogen-bond donors (Lipinski definition) is 1.